The molecule has 0 radical (unpaired) electrons. The molecule has 1 heterocycles. The summed E-state index contributed by atoms with van der Waals surface area (Å²) in [5, 5.41) is 19.6. The first-order valence-corrected chi connectivity index (χ1v) is 10.0. The van der Waals surface area contributed by atoms with E-state index in [9.17, 15) is 9.59 Å². The Kier molecular flexibility index (Phi) is 10.7. The fourth-order valence-corrected chi connectivity index (χ4v) is 2.76. The van der Waals surface area contributed by atoms with Gasteiger partial charge in [0.05, 0.1) is 12.2 Å². The van der Waals surface area contributed by atoms with Crippen molar-refractivity contribution in [2.45, 2.75) is 79.3 Å². The van der Waals surface area contributed by atoms with Crippen molar-refractivity contribution in [1.82, 2.24) is 20.3 Å². The van der Waals surface area contributed by atoms with E-state index in [0.29, 0.717) is 6.42 Å². The van der Waals surface area contributed by atoms with Gasteiger partial charge in [0, 0.05) is 19.5 Å². The molecule has 0 aliphatic heterocycles. The van der Waals surface area contributed by atoms with Crippen LogP contribution in [0.1, 0.15) is 66.0 Å². The zero-order valence-corrected chi connectivity index (χ0v) is 18.2. The molecular weight excluding hydrogens is 368 g/mol. The monoisotopic (exact) mass is 402 g/mol. The molecule has 7 heteroatoms. The molecule has 2 N–H and O–H groups in total. The maximum atomic E-state index is 11.2. The average molecular weight is 403 g/mol. The summed E-state index contributed by atoms with van der Waals surface area (Å²) in [5.74, 6) is -1.49. The summed E-state index contributed by atoms with van der Waals surface area (Å²) in [6, 6.07) is -1.02. The number of aliphatic carboxylic acids is 1. The number of allylic oxidation sites excluding steroid dienone is 6. The van der Waals surface area contributed by atoms with Gasteiger partial charge in [-0.1, -0.05) is 40.2 Å². The van der Waals surface area contributed by atoms with E-state index in [1.165, 1.54) is 28.3 Å². The Morgan fingerprint density at radius 1 is 1.07 bits per heavy atom. The molecule has 0 bridgehead atoms. The summed E-state index contributed by atoms with van der Waals surface area (Å²) in [5.41, 5.74) is 4.84. The minimum absolute atomic E-state index is 0.0431. The molecule has 1 rings (SSSR count). The molecule has 1 aromatic heterocycles. The molecule has 29 heavy (non-hydrogen) atoms. The van der Waals surface area contributed by atoms with E-state index in [1.54, 1.807) is 6.20 Å². The maximum absolute atomic E-state index is 11.2. The summed E-state index contributed by atoms with van der Waals surface area (Å²) in [4.78, 5) is 22.3. The molecule has 0 saturated heterocycles. The summed E-state index contributed by atoms with van der Waals surface area (Å²) in [6.07, 6.45) is 13.3. The Bertz CT molecular complexity index is 771. The highest BCUT2D eigenvalue weighted by atomic mass is 16.4. The molecule has 1 atom stereocenters. The molecule has 0 aliphatic carbocycles. The number of carboxylic acid groups (broad SMARTS) is 1. The second-order valence-electron chi connectivity index (χ2n) is 7.69. The van der Waals surface area contributed by atoms with Crippen LogP contribution in [-0.4, -0.2) is 38.0 Å². The van der Waals surface area contributed by atoms with Gasteiger partial charge in [0.15, 0.2) is 0 Å². The molecule has 0 aromatic carbocycles. The minimum Gasteiger partial charge on any atom is -0.480 e. The molecular formula is C22H34N4O3. The van der Waals surface area contributed by atoms with Crippen LogP contribution in [0.2, 0.25) is 0 Å². The maximum Gasteiger partial charge on any atom is 0.328 e. The number of rotatable bonds is 12. The lowest BCUT2D eigenvalue weighted by molar-refractivity contribution is -0.142. The van der Waals surface area contributed by atoms with Crippen molar-refractivity contribution in [2.24, 2.45) is 0 Å². The van der Waals surface area contributed by atoms with Gasteiger partial charge in [0.25, 0.3) is 0 Å². The number of carboxylic acids is 1. The van der Waals surface area contributed by atoms with E-state index in [2.05, 4.69) is 61.6 Å². The number of carbonyl (C=O) groups excluding carboxylic acids is 1. The predicted octanol–water partition coefficient (Wildman–Crippen LogP) is 3.83. The quantitative estimate of drug-likeness (QED) is 0.518. The Balaban J connectivity index is 2.47. The fourth-order valence-electron chi connectivity index (χ4n) is 2.76. The second kappa shape index (κ2) is 12.7. The first-order valence-electron chi connectivity index (χ1n) is 10.0. The Labute approximate surface area is 173 Å². The third kappa shape index (κ3) is 11.0. The SMILES string of the molecule is CC(=O)N[C@@H](Cn1cc(C/C=C(\C)CC/C=C(\C)CCC=C(C)C)nn1)C(=O)O. The number of carbonyl (C=O) groups is 2. The average Bonchev–Trinajstić information content (AvgIpc) is 3.06. The number of hydrogen-bond donors (Lipinski definition) is 2. The first kappa shape index (κ1) is 24.3. The molecule has 0 aliphatic rings. The fraction of sp³-hybridized carbons (Fsp3) is 0.545. The van der Waals surface area contributed by atoms with Crippen LogP contribution in [0.15, 0.2) is 41.1 Å². The van der Waals surface area contributed by atoms with E-state index >= 15 is 0 Å². The minimum atomic E-state index is -1.10. The summed E-state index contributed by atoms with van der Waals surface area (Å²) < 4.78 is 1.45. The van der Waals surface area contributed by atoms with Gasteiger partial charge in [-0.2, -0.15) is 0 Å². The summed E-state index contributed by atoms with van der Waals surface area (Å²) in [7, 11) is 0. The Hall–Kier alpha value is -2.70. The van der Waals surface area contributed by atoms with Crippen molar-refractivity contribution in [2.75, 3.05) is 0 Å². The van der Waals surface area contributed by atoms with Crippen LogP contribution in [0, 0.1) is 0 Å². The third-order valence-electron chi connectivity index (χ3n) is 4.41. The topological polar surface area (TPSA) is 97.1 Å². The van der Waals surface area contributed by atoms with Crippen LogP contribution in [0.3, 0.4) is 0 Å². The van der Waals surface area contributed by atoms with Crippen LogP contribution < -0.4 is 5.32 Å². The van der Waals surface area contributed by atoms with Gasteiger partial charge >= 0.3 is 5.97 Å². The van der Waals surface area contributed by atoms with Crippen LogP contribution >= 0.6 is 0 Å². The van der Waals surface area contributed by atoms with E-state index in [-0.39, 0.29) is 6.54 Å². The molecule has 0 saturated carbocycles. The first-order chi connectivity index (χ1) is 13.7. The summed E-state index contributed by atoms with van der Waals surface area (Å²) in [6.45, 7) is 9.87. The highest BCUT2D eigenvalue weighted by Crippen LogP contribution is 2.12. The normalized spacial score (nSPS) is 13.1. The lowest BCUT2D eigenvalue weighted by atomic mass is 10.1. The van der Waals surface area contributed by atoms with Crippen LogP contribution in [0.5, 0.6) is 0 Å². The molecule has 1 aromatic rings. The number of aromatic nitrogens is 3. The van der Waals surface area contributed by atoms with Crippen molar-refractivity contribution in [1.29, 1.82) is 0 Å². The van der Waals surface area contributed by atoms with Gasteiger partial charge in [0.2, 0.25) is 5.91 Å². The number of hydrogen-bond acceptors (Lipinski definition) is 4. The smallest absolute Gasteiger partial charge is 0.328 e. The van der Waals surface area contributed by atoms with E-state index in [1.807, 2.05) is 0 Å². The Morgan fingerprint density at radius 2 is 1.69 bits per heavy atom. The summed E-state index contributed by atoms with van der Waals surface area (Å²) >= 11 is 0. The molecule has 1 amide bonds. The largest absolute Gasteiger partial charge is 0.480 e. The molecule has 160 valence electrons. The van der Waals surface area contributed by atoms with Crippen molar-refractivity contribution in [3.8, 4) is 0 Å². The van der Waals surface area contributed by atoms with Crippen LogP contribution in [0.4, 0.5) is 0 Å². The van der Waals surface area contributed by atoms with Crippen molar-refractivity contribution < 1.29 is 14.7 Å². The molecule has 7 nitrogen and oxygen atoms in total. The molecule has 0 fully saturated rings. The zero-order chi connectivity index (χ0) is 21.8. The van der Waals surface area contributed by atoms with Crippen LogP contribution in [-0.2, 0) is 22.6 Å². The van der Waals surface area contributed by atoms with Gasteiger partial charge in [-0.3, -0.25) is 4.79 Å². The van der Waals surface area contributed by atoms with Gasteiger partial charge in [-0.25, -0.2) is 9.48 Å². The zero-order valence-electron chi connectivity index (χ0n) is 18.2. The van der Waals surface area contributed by atoms with Gasteiger partial charge < -0.3 is 10.4 Å². The van der Waals surface area contributed by atoms with Gasteiger partial charge in [-0.05, 0) is 53.4 Å². The van der Waals surface area contributed by atoms with E-state index in [0.717, 1.165) is 31.4 Å². The second-order valence-corrected chi connectivity index (χ2v) is 7.69. The number of nitrogens with zero attached hydrogens (tertiary/aromatic N) is 3. The highest BCUT2D eigenvalue weighted by Gasteiger charge is 2.19. The van der Waals surface area contributed by atoms with E-state index in [4.69, 9.17) is 5.11 Å². The molecule has 0 unspecified atom stereocenters. The van der Waals surface area contributed by atoms with E-state index < -0.39 is 17.9 Å². The van der Waals surface area contributed by atoms with Gasteiger partial charge in [0.1, 0.15) is 6.04 Å². The third-order valence-corrected chi connectivity index (χ3v) is 4.41. The number of nitrogens with one attached hydrogen (secondary N) is 1. The standard InChI is InChI=1S/C22H34N4O3/c1-16(2)8-6-9-17(3)10-7-11-18(4)12-13-20-14-26(25-24-20)15-21(22(28)29)23-19(5)27/h8,10,12,14,21H,6-7,9,11,13,15H2,1-5H3,(H,23,27)(H,28,29)/b17-10+,18-12+/t21-/m0/s1. The van der Waals surface area contributed by atoms with Crippen molar-refractivity contribution in [3.05, 3.63) is 46.8 Å². The Morgan fingerprint density at radius 3 is 2.28 bits per heavy atom. The number of amides is 1. The lowest BCUT2D eigenvalue weighted by Crippen LogP contribution is -2.42. The van der Waals surface area contributed by atoms with Crippen molar-refractivity contribution >= 4 is 11.9 Å². The van der Waals surface area contributed by atoms with Gasteiger partial charge in [-0.15, -0.1) is 5.10 Å². The van der Waals surface area contributed by atoms with Crippen LogP contribution in [0.25, 0.3) is 0 Å². The highest BCUT2D eigenvalue weighted by molar-refractivity contribution is 5.81. The lowest BCUT2D eigenvalue weighted by Gasteiger charge is -2.12. The molecule has 0 spiro atoms. The predicted molar refractivity (Wildman–Crippen MR) is 114 cm³/mol. The van der Waals surface area contributed by atoms with Crippen molar-refractivity contribution in [3.63, 3.8) is 0 Å².